The van der Waals surface area contributed by atoms with Crippen molar-refractivity contribution >= 4 is 23.2 Å². The molecule has 0 fully saturated rings. The topological polar surface area (TPSA) is 113 Å². The van der Waals surface area contributed by atoms with Crippen molar-refractivity contribution in [3.63, 3.8) is 0 Å². The largest absolute Gasteiger partial charge is 0.494 e. The van der Waals surface area contributed by atoms with Crippen LogP contribution in [0.25, 0.3) is 22.0 Å². The number of fused-ring (bicyclic) bond motifs is 1. The van der Waals surface area contributed by atoms with E-state index in [1.54, 1.807) is 13.4 Å². The highest BCUT2D eigenvalue weighted by Crippen LogP contribution is 2.34. The van der Waals surface area contributed by atoms with Gasteiger partial charge in [0.25, 0.3) is 6.47 Å². The quantitative estimate of drug-likeness (QED) is 0.398. The molecular weight excluding hydrogens is 432 g/mol. The SMILES string of the molecule is COc1cc(-c2ccc(CN(C)C)cc2)cc2c(NCc3ccc(C)nn3)ncnc12.O=CO. The van der Waals surface area contributed by atoms with E-state index >= 15 is 0 Å². The number of hydrogen-bond donors (Lipinski definition) is 2. The monoisotopic (exact) mass is 460 g/mol. The van der Waals surface area contributed by atoms with Crippen LogP contribution in [-0.2, 0) is 17.9 Å². The van der Waals surface area contributed by atoms with Gasteiger partial charge in [-0.1, -0.05) is 24.3 Å². The number of aromatic nitrogens is 4. The minimum absolute atomic E-state index is 0.250. The van der Waals surface area contributed by atoms with Crippen molar-refractivity contribution in [2.24, 2.45) is 0 Å². The van der Waals surface area contributed by atoms with Crippen molar-refractivity contribution in [1.82, 2.24) is 25.1 Å². The van der Waals surface area contributed by atoms with Crippen LogP contribution in [0.4, 0.5) is 5.82 Å². The summed E-state index contributed by atoms with van der Waals surface area (Å²) in [6.07, 6.45) is 1.55. The molecule has 0 spiro atoms. The maximum absolute atomic E-state index is 8.36. The highest BCUT2D eigenvalue weighted by atomic mass is 16.5. The van der Waals surface area contributed by atoms with Gasteiger partial charge in [-0.15, -0.1) is 0 Å². The zero-order chi connectivity index (χ0) is 24.5. The van der Waals surface area contributed by atoms with Gasteiger partial charge in [-0.3, -0.25) is 4.79 Å². The van der Waals surface area contributed by atoms with E-state index in [1.807, 2.05) is 25.1 Å². The molecule has 176 valence electrons. The molecule has 0 atom stereocenters. The standard InChI is InChI=1S/C24H26N6O.CH2O2/c1-16-5-10-20(29-28-16)13-25-24-21-11-19(12-22(31-4)23(21)26-15-27-24)18-8-6-17(7-9-18)14-30(2)3;2-1-3/h5-12,15H,13-14H2,1-4H3,(H,25,26,27);1H,(H,2,3). The summed E-state index contributed by atoms with van der Waals surface area (Å²) in [4.78, 5) is 19.4. The van der Waals surface area contributed by atoms with Gasteiger partial charge in [0.1, 0.15) is 23.4 Å². The van der Waals surface area contributed by atoms with Gasteiger partial charge in [-0.2, -0.15) is 10.2 Å². The fraction of sp³-hybridized carbons (Fsp3) is 0.240. The summed E-state index contributed by atoms with van der Waals surface area (Å²) in [5.74, 6) is 1.45. The fourth-order valence-corrected chi connectivity index (χ4v) is 3.46. The average Bonchev–Trinajstić information content (AvgIpc) is 2.83. The van der Waals surface area contributed by atoms with Gasteiger partial charge < -0.3 is 20.1 Å². The van der Waals surface area contributed by atoms with Gasteiger partial charge in [-0.05, 0) is 62.0 Å². The molecule has 0 aliphatic rings. The van der Waals surface area contributed by atoms with Gasteiger partial charge in [0.15, 0.2) is 0 Å². The Morgan fingerprint density at radius 1 is 1.03 bits per heavy atom. The number of aryl methyl sites for hydroxylation is 1. The average molecular weight is 461 g/mol. The minimum Gasteiger partial charge on any atom is -0.494 e. The van der Waals surface area contributed by atoms with Crippen molar-refractivity contribution < 1.29 is 14.6 Å². The Morgan fingerprint density at radius 3 is 2.38 bits per heavy atom. The van der Waals surface area contributed by atoms with E-state index in [-0.39, 0.29) is 6.47 Å². The molecule has 0 aliphatic carbocycles. The maximum atomic E-state index is 8.36. The van der Waals surface area contributed by atoms with E-state index in [0.717, 1.165) is 45.8 Å². The number of rotatable bonds is 7. The van der Waals surface area contributed by atoms with Crippen LogP contribution in [0.5, 0.6) is 5.75 Å². The van der Waals surface area contributed by atoms with E-state index in [9.17, 15) is 0 Å². The van der Waals surface area contributed by atoms with Crippen LogP contribution < -0.4 is 10.1 Å². The minimum atomic E-state index is -0.250. The summed E-state index contributed by atoms with van der Waals surface area (Å²) in [5, 5.41) is 19.5. The van der Waals surface area contributed by atoms with Gasteiger partial charge in [-0.25, -0.2) is 9.97 Å². The second-order valence-corrected chi connectivity index (χ2v) is 7.86. The molecule has 0 saturated carbocycles. The van der Waals surface area contributed by atoms with Crippen molar-refractivity contribution in [2.45, 2.75) is 20.0 Å². The number of carboxylic acid groups (broad SMARTS) is 1. The third kappa shape index (κ3) is 6.23. The molecule has 2 aromatic carbocycles. The van der Waals surface area contributed by atoms with Gasteiger partial charge in [0.05, 0.1) is 25.0 Å². The number of methoxy groups -OCH3 is 1. The smallest absolute Gasteiger partial charge is 0.290 e. The molecule has 0 radical (unpaired) electrons. The lowest BCUT2D eigenvalue weighted by Gasteiger charge is -2.13. The molecule has 4 rings (SSSR count). The Bertz CT molecular complexity index is 1230. The molecular formula is C25H28N6O3. The molecule has 9 heteroatoms. The van der Waals surface area contributed by atoms with Crippen LogP contribution in [0.1, 0.15) is 17.0 Å². The lowest BCUT2D eigenvalue weighted by molar-refractivity contribution is -0.122. The van der Waals surface area contributed by atoms with Gasteiger partial charge >= 0.3 is 0 Å². The zero-order valence-electron chi connectivity index (χ0n) is 19.7. The number of anilines is 1. The van der Waals surface area contributed by atoms with Crippen molar-refractivity contribution in [1.29, 1.82) is 0 Å². The maximum Gasteiger partial charge on any atom is 0.290 e. The number of ether oxygens (including phenoxy) is 1. The van der Waals surface area contributed by atoms with Crippen LogP contribution in [0, 0.1) is 6.92 Å². The molecule has 9 nitrogen and oxygen atoms in total. The highest BCUT2D eigenvalue weighted by Gasteiger charge is 2.12. The normalized spacial score (nSPS) is 10.5. The predicted octanol–water partition coefficient (Wildman–Crippen LogP) is 3.78. The van der Waals surface area contributed by atoms with Crippen molar-refractivity contribution in [3.05, 3.63) is 71.8 Å². The number of nitrogens with zero attached hydrogens (tertiary/aromatic N) is 5. The number of nitrogens with one attached hydrogen (secondary N) is 1. The highest BCUT2D eigenvalue weighted by molar-refractivity contribution is 5.96. The molecule has 0 amide bonds. The summed E-state index contributed by atoms with van der Waals surface area (Å²) in [7, 11) is 5.80. The molecule has 0 saturated heterocycles. The van der Waals surface area contributed by atoms with E-state index < -0.39 is 0 Å². The van der Waals surface area contributed by atoms with E-state index in [2.05, 4.69) is 74.8 Å². The molecule has 34 heavy (non-hydrogen) atoms. The van der Waals surface area contributed by atoms with E-state index in [1.165, 1.54) is 5.56 Å². The first-order valence-corrected chi connectivity index (χ1v) is 10.6. The molecule has 4 aromatic rings. The van der Waals surface area contributed by atoms with Crippen LogP contribution >= 0.6 is 0 Å². The predicted molar refractivity (Wildman–Crippen MR) is 132 cm³/mol. The number of hydrogen-bond acceptors (Lipinski definition) is 8. The summed E-state index contributed by atoms with van der Waals surface area (Å²) < 4.78 is 5.65. The first kappa shape index (κ1) is 24.5. The molecule has 0 bridgehead atoms. The van der Waals surface area contributed by atoms with E-state index in [0.29, 0.717) is 12.3 Å². The summed E-state index contributed by atoms with van der Waals surface area (Å²) in [6, 6.07) is 16.6. The Labute approximate surface area is 198 Å². The fourth-order valence-electron chi connectivity index (χ4n) is 3.46. The summed E-state index contributed by atoms with van der Waals surface area (Å²) in [6.45, 7) is 3.10. The zero-order valence-corrected chi connectivity index (χ0v) is 19.7. The lowest BCUT2D eigenvalue weighted by Crippen LogP contribution is -2.10. The summed E-state index contributed by atoms with van der Waals surface area (Å²) >= 11 is 0. The first-order valence-electron chi connectivity index (χ1n) is 10.6. The Kier molecular flexibility index (Phi) is 8.42. The second kappa shape index (κ2) is 11.7. The third-order valence-electron chi connectivity index (χ3n) is 5.00. The van der Waals surface area contributed by atoms with Crippen LogP contribution in [0.2, 0.25) is 0 Å². The molecule has 2 heterocycles. The van der Waals surface area contributed by atoms with Crippen molar-refractivity contribution in [2.75, 3.05) is 26.5 Å². The lowest BCUT2D eigenvalue weighted by atomic mass is 10.0. The Balaban J connectivity index is 0.00000103. The van der Waals surface area contributed by atoms with Crippen LogP contribution in [0.15, 0.2) is 54.9 Å². The van der Waals surface area contributed by atoms with E-state index in [4.69, 9.17) is 14.6 Å². The molecule has 0 unspecified atom stereocenters. The number of carbonyl (C=O) groups is 1. The van der Waals surface area contributed by atoms with Crippen molar-refractivity contribution in [3.8, 4) is 16.9 Å². The molecule has 0 aliphatic heterocycles. The molecule has 2 N–H and O–H groups in total. The third-order valence-corrected chi connectivity index (χ3v) is 5.00. The second-order valence-electron chi connectivity index (χ2n) is 7.86. The van der Waals surface area contributed by atoms with Gasteiger partial charge in [0, 0.05) is 11.9 Å². The van der Waals surface area contributed by atoms with Gasteiger partial charge in [0.2, 0.25) is 0 Å². The molecule has 2 aromatic heterocycles. The Hall–Kier alpha value is -4.11. The number of benzene rings is 2. The summed E-state index contributed by atoms with van der Waals surface area (Å²) in [5.41, 5.74) is 5.93. The van der Waals surface area contributed by atoms with Crippen LogP contribution in [0.3, 0.4) is 0 Å². The van der Waals surface area contributed by atoms with Crippen LogP contribution in [-0.4, -0.2) is 57.8 Å². The first-order chi connectivity index (χ1) is 16.4. The Morgan fingerprint density at radius 2 is 1.76 bits per heavy atom.